The Balaban J connectivity index is 2.17. The Morgan fingerprint density at radius 1 is 1.33 bits per heavy atom. The van der Waals surface area contributed by atoms with Crippen LogP contribution in [0.15, 0.2) is 24.3 Å². The maximum Gasteiger partial charge on any atom is 0.136 e. The molecule has 0 radical (unpaired) electrons. The van der Waals surface area contributed by atoms with Gasteiger partial charge in [-0.05, 0) is 49.1 Å². The van der Waals surface area contributed by atoms with Crippen molar-refractivity contribution in [3.63, 3.8) is 0 Å². The number of nitrogens with two attached hydrogens (primary N) is 1. The summed E-state index contributed by atoms with van der Waals surface area (Å²) in [7, 11) is 0. The van der Waals surface area contributed by atoms with E-state index in [9.17, 15) is 4.39 Å². The van der Waals surface area contributed by atoms with Crippen molar-refractivity contribution in [3.8, 4) is 0 Å². The van der Waals surface area contributed by atoms with E-state index >= 15 is 0 Å². The minimum absolute atomic E-state index is 0.188. The molecule has 1 aliphatic rings. The van der Waals surface area contributed by atoms with E-state index in [1.54, 1.807) is 0 Å². The predicted molar refractivity (Wildman–Crippen MR) is 74.2 cm³/mol. The lowest BCUT2D eigenvalue weighted by Crippen LogP contribution is -2.34. The second-order valence-electron chi connectivity index (χ2n) is 6.10. The van der Waals surface area contributed by atoms with E-state index in [1.807, 2.05) is 12.1 Å². The molecule has 18 heavy (non-hydrogen) atoms. The molecule has 1 aromatic carbocycles. The number of benzene rings is 1. The summed E-state index contributed by atoms with van der Waals surface area (Å²) in [5.41, 5.74) is 6.81. The first-order valence-corrected chi connectivity index (χ1v) is 7.03. The van der Waals surface area contributed by atoms with Gasteiger partial charge in [0.15, 0.2) is 0 Å². The molecule has 1 saturated carbocycles. The van der Waals surface area contributed by atoms with E-state index < -0.39 is 5.67 Å². The summed E-state index contributed by atoms with van der Waals surface area (Å²) in [6, 6.07) is 8.26. The Labute approximate surface area is 110 Å². The van der Waals surface area contributed by atoms with Gasteiger partial charge in [-0.2, -0.15) is 0 Å². The normalized spacial score (nSPS) is 28.6. The van der Waals surface area contributed by atoms with Gasteiger partial charge in [0, 0.05) is 6.04 Å². The van der Waals surface area contributed by atoms with Crippen molar-refractivity contribution in [2.45, 2.75) is 57.7 Å². The molecule has 1 nitrogen and oxygen atoms in total. The van der Waals surface area contributed by atoms with Gasteiger partial charge in [0.25, 0.3) is 0 Å². The van der Waals surface area contributed by atoms with Crippen LogP contribution in [-0.4, -0.2) is 6.04 Å². The molecule has 100 valence electrons. The first-order chi connectivity index (χ1) is 8.49. The molecule has 0 bridgehead atoms. The average molecular weight is 249 g/mol. The highest BCUT2D eigenvalue weighted by Crippen LogP contribution is 2.40. The smallest absolute Gasteiger partial charge is 0.136 e. The third kappa shape index (κ3) is 3.11. The fourth-order valence-corrected chi connectivity index (χ4v) is 2.83. The average Bonchev–Trinajstić information content (AvgIpc) is 2.33. The zero-order valence-corrected chi connectivity index (χ0v) is 11.5. The summed E-state index contributed by atoms with van der Waals surface area (Å²) in [5.74, 6) is 0.607. The molecule has 0 heterocycles. The molecule has 0 aliphatic heterocycles. The second kappa shape index (κ2) is 5.40. The number of hydrogen-bond acceptors (Lipinski definition) is 1. The van der Waals surface area contributed by atoms with Crippen LogP contribution in [-0.2, 0) is 12.1 Å². The molecular weight excluding hydrogens is 225 g/mol. The third-order valence-electron chi connectivity index (χ3n) is 3.91. The molecule has 1 fully saturated rings. The van der Waals surface area contributed by atoms with Crippen molar-refractivity contribution < 1.29 is 4.39 Å². The van der Waals surface area contributed by atoms with Gasteiger partial charge in [-0.3, -0.25) is 0 Å². The maximum atomic E-state index is 14.9. The molecule has 0 atom stereocenters. The highest BCUT2D eigenvalue weighted by molar-refractivity contribution is 5.29. The van der Waals surface area contributed by atoms with Crippen LogP contribution >= 0.6 is 0 Å². The third-order valence-corrected chi connectivity index (χ3v) is 3.91. The number of hydrogen-bond donors (Lipinski definition) is 1. The Bertz CT molecular complexity index is 392. The highest BCUT2D eigenvalue weighted by atomic mass is 19.1. The fourth-order valence-electron chi connectivity index (χ4n) is 2.83. The van der Waals surface area contributed by atoms with Crippen molar-refractivity contribution in [2.24, 2.45) is 11.7 Å². The molecule has 0 aromatic heterocycles. The SMILES string of the molecule is CC(C)Cc1cccc(C2(F)CCC(N)CC2)c1. The number of rotatable bonds is 3. The summed E-state index contributed by atoms with van der Waals surface area (Å²) in [6.07, 6.45) is 3.75. The van der Waals surface area contributed by atoms with Gasteiger partial charge in [-0.1, -0.05) is 38.1 Å². The molecule has 1 aromatic rings. The lowest BCUT2D eigenvalue weighted by Gasteiger charge is -2.33. The Hall–Kier alpha value is -0.890. The van der Waals surface area contributed by atoms with Crippen LogP contribution < -0.4 is 5.73 Å². The minimum Gasteiger partial charge on any atom is -0.328 e. The monoisotopic (exact) mass is 249 g/mol. The molecule has 0 spiro atoms. The topological polar surface area (TPSA) is 26.0 Å². The molecule has 0 saturated heterocycles. The van der Waals surface area contributed by atoms with Gasteiger partial charge in [-0.25, -0.2) is 4.39 Å². The molecule has 0 amide bonds. The van der Waals surface area contributed by atoms with Crippen molar-refractivity contribution >= 4 is 0 Å². The van der Waals surface area contributed by atoms with Crippen molar-refractivity contribution in [1.82, 2.24) is 0 Å². The lowest BCUT2D eigenvalue weighted by molar-refractivity contribution is 0.0978. The number of alkyl halides is 1. The van der Waals surface area contributed by atoms with Gasteiger partial charge in [0.2, 0.25) is 0 Å². The molecule has 2 heteroatoms. The van der Waals surface area contributed by atoms with Crippen LogP contribution in [0.5, 0.6) is 0 Å². The first-order valence-electron chi connectivity index (χ1n) is 7.03. The van der Waals surface area contributed by atoms with Crippen LogP contribution in [0.4, 0.5) is 4.39 Å². The van der Waals surface area contributed by atoms with Crippen LogP contribution in [0.1, 0.15) is 50.7 Å². The van der Waals surface area contributed by atoms with E-state index in [0.717, 1.165) is 24.8 Å². The van der Waals surface area contributed by atoms with Gasteiger partial charge in [-0.15, -0.1) is 0 Å². The Morgan fingerprint density at radius 2 is 2.00 bits per heavy atom. The first kappa shape index (κ1) is 13.5. The van der Waals surface area contributed by atoms with E-state index in [1.165, 1.54) is 5.56 Å². The fraction of sp³-hybridized carbons (Fsp3) is 0.625. The zero-order valence-electron chi connectivity index (χ0n) is 11.5. The van der Waals surface area contributed by atoms with Crippen LogP contribution in [0.2, 0.25) is 0 Å². The van der Waals surface area contributed by atoms with E-state index in [2.05, 4.69) is 26.0 Å². The summed E-state index contributed by atoms with van der Waals surface area (Å²) < 4.78 is 14.9. The largest absolute Gasteiger partial charge is 0.328 e. The number of halogens is 1. The van der Waals surface area contributed by atoms with Crippen molar-refractivity contribution in [1.29, 1.82) is 0 Å². The molecule has 0 unspecified atom stereocenters. The van der Waals surface area contributed by atoms with E-state index in [-0.39, 0.29) is 6.04 Å². The van der Waals surface area contributed by atoms with Gasteiger partial charge in [0.05, 0.1) is 0 Å². The van der Waals surface area contributed by atoms with Crippen LogP contribution in [0, 0.1) is 5.92 Å². The van der Waals surface area contributed by atoms with Crippen molar-refractivity contribution in [3.05, 3.63) is 35.4 Å². The Kier molecular flexibility index (Phi) is 4.06. The minimum atomic E-state index is -1.15. The molecular formula is C16H24FN. The highest BCUT2D eigenvalue weighted by Gasteiger charge is 2.35. The van der Waals surface area contributed by atoms with Crippen molar-refractivity contribution in [2.75, 3.05) is 0 Å². The second-order valence-corrected chi connectivity index (χ2v) is 6.10. The predicted octanol–water partition coefficient (Wildman–Crippen LogP) is 3.95. The molecule has 1 aliphatic carbocycles. The summed E-state index contributed by atoms with van der Waals surface area (Å²) in [6.45, 7) is 4.38. The Morgan fingerprint density at radius 3 is 2.61 bits per heavy atom. The van der Waals surface area contributed by atoms with Crippen LogP contribution in [0.3, 0.4) is 0 Å². The van der Waals surface area contributed by atoms with Gasteiger partial charge < -0.3 is 5.73 Å². The summed E-state index contributed by atoms with van der Waals surface area (Å²) in [5, 5.41) is 0. The molecule has 2 rings (SSSR count). The van der Waals surface area contributed by atoms with Gasteiger partial charge in [0.1, 0.15) is 5.67 Å². The quantitative estimate of drug-likeness (QED) is 0.862. The standard InChI is InChI=1S/C16H24FN/c1-12(2)10-13-4-3-5-14(11-13)16(17)8-6-15(18)7-9-16/h3-5,11-12,15H,6-10,18H2,1-2H3. The van der Waals surface area contributed by atoms with E-state index in [4.69, 9.17) is 5.73 Å². The lowest BCUT2D eigenvalue weighted by atomic mass is 9.79. The van der Waals surface area contributed by atoms with Gasteiger partial charge >= 0.3 is 0 Å². The molecule has 2 N–H and O–H groups in total. The van der Waals surface area contributed by atoms with Crippen LogP contribution in [0.25, 0.3) is 0 Å². The van der Waals surface area contributed by atoms with E-state index in [0.29, 0.717) is 18.8 Å². The zero-order chi connectivity index (χ0) is 13.2. The summed E-state index contributed by atoms with van der Waals surface area (Å²) in [4.78, 5) is 0. The summed E-state index contributed by atoms with van der Waals surface area (Å²) >= 11 is 0. The maximum absolute atomic E-state index is 14.9.